The van der Waals surface area contributed by atoms with Crippen LogP contribution >= 0.6 is 0 Å². The number of methoxy groups -OCH3 is 1. The lowest BCUT2D eigenvalue weighted by Gasteiger charge is -2.38. The minimum absolute atomic E-state index is 0.0332. The second-order valence-electron chi connectivity index (χ2n) is 5.33. The first-order chi connectivity index (χ1) is 7.97. The van der Waals surface area contributed by atoms with Gasteiger partial charge in [0.05, 0.1) is 18.8 Å². The standard InChI is InChI=1S/C12H24N2O3/c1-12(2)5-4-6-13-10(12)11(16)14-7-9(15)8-17-3/h9-10,13,15H,4-8H2,1-3H3,(H,14,16). The SMILES string of the molecule is COCC(O)CNC(=O)C1NCCCC1(C)C. The number of carbonyl (C=O) groups excluding carboxylic acids is 1. The Balaban J connectivity index is 2.41. The van der Waals surface area contributed by atoms with Gasteiger partial charge < -0.3 is 20.5 Å². The van der Waals surface area contributed by atoms with Gasteiger partial charge in [-0.2, -0.15) is 0 Å². The molecule has 5 heteroatoms. The normalized spacial score (nSPS) is 25.3. The molecule has 0 aromatic rings. The summed E-state index contributed by atoms with van der Waals surface area (Å²) in [5.41, 5.74) is -0.0332. The van der Waals surface area contributed by atoms with Gasteiger partial charge in [-0.05, 0) is 24.8 Å². The Bertz CT molecular complexity index is 256. The van der Waals surface area contributed by atoms with Crippen molar-refractivity contribution in [3.8, 4) is 0 Å². The summed E-state index contributed by atoms with van der Waals surface area (Å²) in [6, 6.07) is -0.175. The van der Waals surface area contributed by atoms with E-state index in [0.29, 0.717) is 0 Å². The quantitative estimate of drug-likeness (QED) is 0.631. The van der Waals surface area contributed by atoms with Crippen LogP contribution in [0.2, 0.25) is 0 Å². The lowest BCUT2D eigenvalue weighted by Crippen LogP contribution is -2.56. The maximum absolute atomic E-state index is 12.0. The highest BCUT2D eigenvalue weighted by atomic mass is 16.5. The summed E-state index contributed by atoms with van der Waals surface area (Å²) >= 11 is 0. The molecular weight excluding hydrogens is 220 g/mol. The molecule has 3 N–H and O–H groups in total. The van der Waals surface area contributed by atoms with Crippen LogP contribution in [0, 0.1) is 5.41 Å². The Morgan fingerprint density at radius 1 is 1.65 bits per heavy atom. The maximum atomic E-state index is 12.0. The molecule has 1 aliphatic heterocycles. The number of rotatable bonds is 5. The lowest BCUT2D eigenvalue weighted by atomic mass is 9.77. The van der Waals surface area contributed by atoms with E-state index in [1.165, 1.54) is 7.11 Å². The van der Waals surface area contributed by atoms with Gasteiger partial charge in [0.15, 0.2) is 0 Å². The highest BCUT2D eigenvalue weighted by Gasteiger charge is 2.36. The van der Waals surface area contributed by atoms with Crippen molar-refractivity contribution in [3.63, 3.8) is 0 Å². The Morgan fingerprint density at radius 3 is 2.94 bits per heavy atom. The first-order valence-electron chi connectivity index (χ1n) is 6.15. The van der Waals surface area contributed by atoms with Crippen LogP contribution in [0.5, 0.6) is 0 Å². The number of carbonyl (C=O) groups is 1. The molecule has 1 saturated heterocycles. The molecular formula is C12H24N2O3. The second-order valence-corrected chi connectivity index (χ2v) is 5.33. The van der Waals surface area contributed by atoms with Crippen molar-refractivity contribution in [3.05, 3.63) is 0 Å². The van der Waals surface area contributed by atoms with Gasteiger partial charge in [-0.15, -0.1) is 0 Å². The molecule has 0 aliphatic carbocycles. The molecule has 1 rings (SSSR count). The molecule has 5 nitrogen and oxygen atoms in total. The van der Waals surface area contributed by atoms with E-state index in [9.17, 15) is 9.90 Å². The summed E-state index contributed by atoms with van der Waals surface area (Å²) in [6.45, 7) is 5.54. The molecule has 1 fully saturated rings. The minimum Gasteiger partial charge on any atom is -0.389 e. The van der Waals surface area contributed by atoms with Crippen LogP contribution in [0.1, 0.15) is 26.7 Å². The number of piperidine rings is 1. The van der Waals surface area contributed by atoms with Gasteiger partial charge in [0.2, 0.25) is 5.91 Å². The summed E-state index contributed by atoms with van der Waals surface area (Å²) in [7, 11) is 1.52. The number of nitrogens with one attached hydrogen (secondary N) is 2. The van der Waals surface area contributed by atoms with Crippen LogP contribution in [0.25, 0.3) is 0 Å². The average Bonchev–Trinajstić information content (AvgIpc) is 2.26. The molecule has 0 radical (unpaired) electrons. The van der Waals surface area contributed by atoms with Crippen molar-refractivity contribution in [2.45, 2.75) is 38.8 Å². The van der Waals surface area contributed by atoms with Gasteiger partial charge in [-0.25, -0.2) is 0 Å². The summed E-state index contributed by atoms with van der Waals surface area (Å²) in [5, 5.41) is 15.5. The van der Waals surface area contributed by atoms with Gasteiger partial charge in [-0.1, -0.05) is 13.8 Å². The van der Waals surface area contributed by atoms with E-state index in [0.717, 1.165) is 19.4 Å². The first kappa shape index (κ1) is 14.4. The molecule has 100 valence electrons. The average molecular weight is 244 g/mol. The van der Waals surface area contributed by atoms with E-state index < -0.39 is 6.10 Å². The number of aliphatic hydroxyl groups excluding tert-OH is 1. The zero-order valence-electron chi connectivity index (χ0n) is 11.0. The number of amides is 1. The van der Waals surface area contributed by atoms with Crippen molar-refractivity contribution < 1.29 is 14.6 Å². The van der Waals surface area contributed by atoms with E-state index in [2.05, 4.69) is 24.5 Å². The zero-order chi connectivity index (χ0) is 12.9. The Kier molecular flexibility index (Phi) is 5.36. The monoisotopic (exact) mass is 244 g/mol. The minimum atomic E-state index is -0.643. The Hall–Kier alpha value is -0.650. The predicted molar refractivity (Wildman–Crippen MR) is 65.7 cm³/mol. The molecule has 2 atom stereocenters. The fourth-order valence-corrected chi connectivity index (χ4v) is 2.23. The molecule has 0 bridgehead atoms. The molecule has 0 aromatic heterocycles. The maximum Gasteiger partial charge on any atom is 0.237 e. The van der Waals surface area contributed by atoms with E-state index in [4.69, 9.17) is 4.74 Å². The van der Waals surface area contributed by atoms with Crippen molar-refractivity contribution in [2.24, 2.45) is 5.41 Å². The summed E-state index contributed by atoms with van der Waals surface area (Å²) in [6.07, 6.45) is 1.50. The molecule has 1 amide bonds. The topological polar surface area (TPSA) is 70.6 Å². The number of hydrogen-bond acceptors (Lipinski definition) is 4. The van der Waals surface area contributed by atoms with Crippen molar-refractivity contribution in [1.82, 2.24) is 10.6 Å². The van der Waals surface area contributed by atoms with Crippen LogP contribution < -0.4 is 10.6 Å². The Morgan fingerprint density at radius 2 is 2.35 bits per heavy atom. The van der Waals surface area contributed by atoms with Crippen molar-refractivity contribution in [2.75, 3.05) is 26.8 Å². The van der Waals surface area contributed by atoms with Gasteiger partial charge in [0, 0.05) is 13.7 Å². The third-order valence-electron chi connectivity index (χ3n) is 3.26. The molecule has 1 aliphatic rings. The van der Waals surface area contributed by atoms with E-state index in [1.54, 1.807) is 0 Å². The summed E-state index contributed by atoms with van der Waals surface area (Å²) < 4.78 is 4.81. The van der Waals surface area contributed by atoms with Crippen LogP contribution in [0.15, 0.2) is 0 Å². The molecule has 0 spiro atoms. The highest BCUT2D eigenvalue weighted by molar-refractivity contribution is 5.82. The lowest BCUT2D eigenvalue weighted by molar-refractivity contribution is -0.127. The second kappa shape index (κ2) is 6.33. The molecule has 1 heterocycles. The van der Waals surface area contributed by atoms with Crippen molar-refractivity contribution >= 4 is 5.91 Å². The van der Waals surface area contributed by atoms with Crippen LogP contribution in [0.4, 0.5) is 0 Å². The number of aliphatic hydroxyl groups is 1. The van der Waals surface area contributed by atoms with E-state index in [1.807, 2.05) is 0 Å². The fraction of sp³-hybridized carbons (Fsp3) is 0.917. The van der Waals surface area contributed by atoms with Crippen LogP contribution in [-0.2, 0) is 9.53 Å². The third-order valence-corrected chi connectivity index (χ3v) is 3.26. The first-order valence-corrected chi connectivity index (χ1v) is 6.15. The molecule has 17 heavy (non-hydrogen) atoms. The van der Waals surface area contributed by atoms with Gasteiger partial charge in [0.25, 0.3) is 0 Å². The van der Waals surface area contributed by atoms with Gasteiger partial charge in [-0.3, -0.25) is 4.79 Å². The highest BCUT2D eigenvalue weighted by Crippen LogP contribution is 2.29. The van der Waals surface area contributed by atoms with Crippen LogP contribution in [0.3, 0.4) is 0 Å². The largest absolute Gasteiger partial charge is 0.389 e. The van der Waals surface area contributed by atoms with Crippen molar-refractivity contribution in [1.29, 1.82) is 0 Å². The predicted octanol–water partition coefficient (Wildman–Crippen LogP) is -0.112. The zero-order valence-corrected chi connectivity index (χ0v) is 11.0. The third kappa shape index (κ3) is 4.26. The van der Waals surface area contributed by atoms with Gasteiger partial charge in [0.1, 0.15) is 0 Å². The molecule has 0 saturated carbocycles. The van der Waals surface area contributed by atoms with Crippen LogP contribution in [-0.4, -0.2) is 50.0 Å². The Labute approximate surface area is 103 Å². The fourth-order valence-electron chi connectivity index (χ4n) is 2.23. The van der Waals surface area contributed by atoms with E-state index in [-0.39, 0.29) is 30.5 Å². The molecule has 2 unspecified atom stereocenters. The number of hydrogen-bond donors (Lipinski definition) is 3. The smallest absolute Gasteiger partial charge is 0.237 e. The molecule has 0 aromatic carbocycles. The summed E-state index contributed by atoms with van der Waals surface area (Å²) in [5.74, 6) is -0.0372. The number of ether oxygens (including phenoxy) is 1. The van der Waals surface area contributed by atoms with Gasteiger partial charge >= 0.3 is 0 Å². The van der Waals surface area contributed by atoms with E-state index >= 15 is 0 Å². The summed E-state index contributed by atoms with van der Waals surface area (Å²) in [4.78, 5) is 12.0.